The van der Waals surface area contributed by atoms with Crippen molar-refractivity contribution in [3.05, 3.63) is 29.0 Å². The van der Waals surface area contributed by atoms with Gasteiger partial charge in [-0.25, -0.2) is 4.98 Å². The van der Waals surface area contributed by atoms with Gasteiger partial charge >= 0.3 is 0 Å². The number of hydrogen-bond acceptors (Lipinski definition) is 1. The van der Waals surface area contributed by atoms with E-state index in [9.17, 15) is 0 Å². The molecular weight excluding hydrogens is 291 g/mol. The maximum absolute atomic E-state index is 6.09. The lowest BCUT2D eigenvalue weighted by atomic mass is 10.1. The highest BCUT2D eigenvalue weighted by atomic mass is 35.5. The molecule has 0 aliphatic heterocycles. The molecule has 1 atom stereocenters. The lowest BCUT2D eigenvalue weighted by molar-refractivity contribution is 0.427. The molecule has 0 radical (unpaired) electrons. The van der Waals surface area contributed by atoms with Crippen molar-refractivity contribution in [2.45, 2.75) is 45.1 Å². The van der Waals surface area contributed by atoms with E-state index in [1.165, 1.54) is 24.8 Å². The number of halogens is 2. The molecule has 0 saturated heterocycles. The molecule has 4 heteroatoms. The van der Waals surface area contributed by atoms with Gasteiger partial charge in [0.2, 0.25) is 0 Å². The van der Waals surface area contributed by atoms with Crippen LogP contribution in [0.2, 0.25) is 5.02 Å². The van der Waals surface area contributed by atoms with Gasteiger partial charge < -0.3 is 4.57 Å². The van der Waals surface area contributed by atoms with Crippen molar-refractivity contribution >= 4 is 34.2 Å². The van der Waals surface area contributed by atoms with Crippen molar-refractivity contribution in [3.8, 4) is 0 Å². The smallest absolute Gasteiger partial charge is 0.111 e. The number of hydrogen-bond donors (Lipinski definition) is 0. The van der Waals surface area contributed by atoms with Gasteiger partial charge in [-0.3, -0.25) is 0 Å². The predicted molar refractivity (Wildman–Crippen MR) is 85.8 cm³/mol. The van der Waals surface area contributed by atoms with E-state index in [1.807, 2.05) is 12.1 Å². The average molecular weight is 311 g/mol. The molecule has 1 heterocycles. The van der Waals surface area contributed by atoms with Crippen LogP contribution in [0.15, 0.2) is 18.2 Å². The van der Waals surface area contributed by atoms with Crippen LogP contribution in [0.1, 0.15) is 44.5 Å². The van der Waals surface area contributed by atoms with E-state index >= 15 is 0 Å². The van der Waals surface area contributed by atoms with Gasteiger partial charge in [0, 0.05) is 23.4 Å². The lowest BCUT2D eigenvalue weighted by Crippen LogP contribution is -2.13. The van der Waals surface area contributed by atoms with Crippen LogP contribution in [-0.4, -0.2) is 15.4 Å². The zero-order valence-electron chi connectivity index (χ0n) is 11.8. The second-order valence-corrected chi connectivity index (χ2v) is 6.53. The van der Waals surface area contributed by atoms with Gasteiger partial charge in [-0.15, -0.1) is 11.6 Å². The number of aromatic nitrogens is 2. The monoisotopic (exact) mass is 310 g/mol. The first kappa shape index (κ1) is 14.2. The molecule has 1 fully saturated rings. The highest BCUT2D eigenvalue weighted by Crippen LogP contribution is 2.39. The van der Waals surface area contributed by atoms with Gasteiger partial charge in [-0.1, -0.05) is 31.4 Å². The molecular formula is C16H20Cl2N2. The maximum Gasteiger partial charge on any atom is 0.111 e. The first-order chi connectivity index (χ1) is 9.72. The van der Waals surface area contributed by atoms with Crippen LogP contribution in [0.4, 0.5) is 0 Å². The molecule has 20 heavy (non-hydrogen) atoms. The second kappa shape index (κ2) is 5.95. The van der Waals surface area contributed by atoms with Crippen LogP contribution in [-0.2, 0) is 6.42 Å². The minimum atomic E-state index is 0.534. The first-order valence-electron chi connectivity index (χ1n) is 7.45. The third-order valence-electron chi connectivity index (χ3n) is 4.18. The fourth-order valence-electron chi connectivity index (χ4n) is 2.98. The van der Waals surface area contributed by atoms with Crippen LogP contribution in [0.3, 0.4) is 0 Å². The Morgan fingerprint density at radius 3 is 2.85 bits per heavy atom. The summed E-state index contributed by atoms with van der Waals surface area (Å²) in [5.41, 5.74) is 2.19. The lowest BCUT2D eigenvalue weighted by Gasteiger charge is -2.20. The van der Waals surface area contributed by atoms with E-state index in [2.05, 4.69) is 17.6 Å². The fraction of sp³-hybridized carbons (Fsp3) is 0.562. The molecule has 0 N–H and O–H groups in total. The molecule has 1 unspecified atom stereocenters. The number of fused-ring (bicyclic) bond motifs is 1. The molecule has 1 aromatic carbocycles. The summed E-state index contributed by atoms with van der Waals surface area (Å²) >= 11 is 12.0. The van der Waals surface area contributed by atoms with Crippen LogP contribution in [0.5, 0.6) is 0 Å². The minimum Gasteiger partial charge on any atom is -0.325 e. The van der Waals surface area contributed by atoms with Gasteiger partial charge in [0.05, 0.1) is 11.0 Å². The molecule has 1 saturated carbocycles. The normalized spacial score (nSPS) is 16.8. The standard InChI is InChI=1S/C16H20Cl2N2/c1-2-13(9-11-3-4-11)20-15-6-5-12(18)10-14(15)19-16(20)7-8-17/h5-6,10-11,13H,2-4,7-9H2,1H3. The van der Waals surface area contributed by atoms with E-state index in [1.54, 1.807) is 0 Å². The number of aryl methyl sites for hydroxylation is 1. The summed E-state index contributed by atoms with van der Waals surface area (Å²) in [6.45, 7) is 2.26. The summed E-state index contributed by atoms with van der Waals surface area (Å²) in [7, 11) is 0. The third kappa shape index (κ3) is 2.82. The van der Waals surface area contributed by atoms with Crippen molar-refractivity contribution in [2.24, 2.45) is 5.92 Å². The van der Waals surface area contributed by atoms with Gasteiger partial charge in [-0.2, -0.15) is 0 Å². The number of nitrogens with zero attached hydrogens (tertiary/aromatic N) is 2. The largest absolute Gasteiger partial charge is 0.325 e. The minimum absolute atomic E-state index is 0.534. The number of imidazole rings is 1. The topological polar surface area (TPSA) is 17.8 Å². The van der Waals surface area contributed by atoms with E-state index in [0.29, 0.717) is 11.9 Å². The average Bonchev–Trinajstić information content (AvgIpc) is 3.18. The van der Waals surface area contributed by atoms with Crippen molar-refractivity contribution in [3.63, 3.8) is 0 Å². The molecule has 2 aromatic rings. The zero-order chi connectivity index (χ0) is 14.1. The molecule has 0 bridgehead atoms. The van der Waals surface area contributed by atoms with E-state index < -0.39 is 0 Å². The van der Waals surface area contributed by atoms with E-state index in [-0.39, 0.29) is 0 Å². The number of alkyl halides is 1. The third-order valence-corrected chi connectivity index (χ3v) is 4.61. The van der Waals surface area contributed by atoms with Crippen LogP contribution < -0.4 is 0 Å². The summed E-state index contributed by atoms with van der Waals surface area (Å²) in [6, 6.07) is 6.54. The summed E-state index contributed by atoms with van der Waals surface area (Å²) in [6.07, 6.45) is 5.99. The summed E-state index contributed by atoms with van der Waals surface area (Å²) in [5, 5.41) is 0.745. The molecule has 3 rings (SSSR count). The Kier molecular flexibility index (Phi) is 4.23. The number of rotatable bonds is 6. The Balaban J connectivity index is 2.06. The van der Waals surface area contributed by atoms with Gasteiger partial charge in [0.25, 0.3) is 0 Å². The molecule has 0 spiro atoms. The Morgan fingerprint density at radius 2 is 2.20 bits per heavy atom. The van der Waals surface area contributed by atoms with Crippen LogP contribution in [0.25, 0.3) is 11.0 Å². The van der Waals surface area contributed by atoms with Crippen LogP contribution in [0, 0.1) is 5.92 Å². The van der Waals surface area contributed by atoms with Gasteiger partial charge in [0.15, 0.2) is 0 Å². The molecule has 108 valence electrons. The summed E-state index contributed by atoms with van der Waals surface area (Å²) in [5.74, 6) is 2.62. The molecule has 1 aliphatic carbocycles. The highest BCUT2D eigenvalue weighted by molar-refractivity contribution is 6.31. The Hall–Kier alpha value is -0.730. The van der Waals surface area contributed by atoms with E-state index in [4.69, 9.17) is 28.2 Å². The quantitative estimate of drug-likeness (QED) is 0.669. The fourth-order valence-corrected chi connectivity index (χ4v) is 3.32. The molecule has 1 aliphatic rings. The predicted octanol–water partition coefficient (Wildman–Crippen LogP) is 5.22. The molecule has 0 amide bonds. The number of benzene rings is 1. The first-order valence-corrected chi connectivity index (χ1v) is 8.36. The van der Waals surface area contributed by atoms with Crippen LogP contribution >= 0.6 is 23.2 Å². The zero-order valence-corrected chi connectivity index (χ0v) is 13.3. The van der Waals surface area contributed by atoms with Gasteiger partial charge in [-0.05, 0) is 37.0 Å². The van der Waals surface area contributed by atoms with Gasteiger partial charge in [0.1, 0.15) is 5.82 Å². The Morgan fingerprint density at radius 1 is 1.40 bits per heavy atom. The molecule has 1 aromatic heterocycles. The summed E-state index contributed by atoms with van der Waals surface area (Å²) in [4.78, 5) is 4.75. The van der Waals surface area contributed by atoms with Crippen molar-refractivity contribution in [1.29, 1.82) is 0 Å². The highest BCUT2D eigenvalue weighted by Gasteiger charge is 2.27. The SMILES string of the molecule is CCC(CC1CC1)n1c(CCCl)nc2cc(Cl)ccc21. The van der Waals surface area contributed by atoms with Crippen molar-refractivity contribution < 1.29 is 0 Å². The van der Waals surface area contributed by atoms with Crippen molar-refractivity contribution in [2.75, 3.05) is 5.88 Å². The Labute approximate surface area is 130 Å². The second-order valence-electron chi connectivity index (χ2n) is 5.71. The van der Waals surface area contributed by atoms with Crippen molar-refractivity contribution in [1.82, 2.24) is 9.55 Å². The van der Waals surface area contributed by atoms with E-state index in [0.717, 1.165) is 35.1 Å². The summed E-state index contributed by atoms with van der Waals surface area (Å²) < 4.78 is 2.41. The Bertz CT molecular complexity index is 602. The molecule has 2 nitrogen and oxygen atoms in total. The maximum atomic E-state index is 6.09.